The van der Waals surface area contributed by atoms with Gasteiger partial charge in [-0.2, -0.15) is 5.26 Å². The number of alkyl halides is 1. The van der Waals surface area contributed by atoms with Gasteiger partial charge in [0.2, 0.25) is 0 Å². The molecule has 13 heavy (non-hydrogen) atoms. The third-order valence-electron chi connectivity index (χ3n) is 2.20. The van der Waals surface area contributed by atoms with Crippen molar-refractivity contribution in [3.8, 4) is 11.8 Å². The summed E-state index contributed by atoms with van der Waals surface area (Å²) >= 11 is 2.35. The van der Waals surface area contributed by atoms with Crippen LogP contribution in [0, 0.1) is 11.3 Å². The molecule has 1 aromatic rings. The van der Waals surface area contributed by atoms with Gasteiger partial charge < -0.3 is 4.74 Å². The lowest BCUT2D eigenvalue weighted by atomic mass is 10.0. The van der Waals surface area contributed by atoms with Gasteiger partial charge in [-0.1, -0.05) is 22.6 Å². The molecule has 2 nitrogen and oxygen atoms in total. The summed E-state index contributed by atoms with van der Waals surface area (Å²) in [7, 11) is 0. The minimum absolute atomic E-state index is 0.462. The average molecular weight is 285 g/mol. The molecule has 0 fully saturated rings. The summed E-state index contributed by atoms with van der Waals surface area (Å²) < 4.78 is 6.53. The zero-order chi connectivity index (χ0) is 9.26. The molecule has 1 aliphatic heterocycles. The van der Waals surface area contributed by atoms with E-state index in [-0.39, 0.29) is 0 Å². The lowest BCUT2D eigenvalue weighted by Gasteiger charge is -2.02. The van der Waals surface area contributed by atoms with Crippen molar-refractivity contribution >= 4 is 22.6 Å². The van der Waals surface area contributed by atoms with Gasteiger partial charge in [0.15, 0.2) is 0 Å². The van der Waals surface area contributed by atoms with Crippen LogP contribution in [0.25, 0.3) is 0 Å². The van der Waals surface area contributed by atoms with Crippen molar-refractivity contribution < 1.29 is 4.74 Å². The zero-order valence-corrected chi connectivity index (χ0v) is 9.11. The van der Waals surface area contributed by atoms with E-state index < -0.39 is 0 Å². The molecule has 0 bridgehead atoms. The van der Waals surface area contributed by atoms with Gasteiger partial charge in [0.05, 0.1) is 18.2 Å². The summed E-state index contributed by atoms with van der Waals surface area (Å²) in [5.41, 5.74) is 1.91. The lowest BCUT2D eigenvalue weighted by Crippen LogP contribution is -2.00. The first-order valence-electron chi connectivity index (χ1n) is 4.08. The van der Waals surface area contributed by atoms with E-state index in [1.807, 2.05) is 12.1 Å². The number of hydrogen-bond donors (Lipinski definition) is 0. The van der Waals surface area contributed by atoms with Gasteiger partial charge in [-0.05, 0) is 18.2 Å². The van der Waals surface area contributed by atoms with Crippen molar-refractivity contribution in [1.82, 2.24) is 0 Å². The number of nitriles is 1. The van der Waals surface area contributed by atoms with Gasteiger partial charge in [-0.3, -0.25) is 0 Å². The van der Waals surface area contributed by atoms with Crippen molar-refractivity contribution in [3.63, 3.8) is 0 Å². The second kappa shape index (κ2) is 3.54. The Morgan fingerprint density at radius 2 is 2.46 bits per heavy atom. The van der Waals surface area contributed by atoms with E-state index in [1.165, 1.54) is 5.56 Å². The number of nitrogens with zero attached hydrogens (tertiary/aromatic N) is 1. The zero-order valence-electron chi connectivity index (χ0n) is 6.96. The van der Waals surface area contributed by atoms with Crippen molar-refractivity contribution in [2.24, 2.45) is 0 Å². The third kappa shape index (κ3) is 1.51. The standard InChI is InChI=1S/C10H8INO/c11-4-8-6-13-10-2-1-7(5-12)3-9(8)10/h1-3,8H,4,6H2. The first-order chi connectivity index (χ1) is 6.35. The van der Waals surface area contributed by atoms with Crippen molar-refractivity contribution in [2.45, 2.75) is 5.92 Å². The smallest absolute Gasteiger partial charge is 0.123 e. The molecule has 1 unspecified atom stereocenters. The second-order valence-corrected chi connectivity index (χ2v) is 3.91. The molecule has 0 aliphatic carbocycles. The molecule has 0 aromatic heterocycles. The van der Waals surface area contributed by atoms with E-state index >= 15 is 0 Å². The normalized spacial score (nSPS) is 18.9. The Morgan fingerprint density at radius 3 is 3.15 bits per heavy atom. The monoisotopic (exact) mass is 285 g/mol. The van der Waals surface area contributed by atoms with Crippen LogP contribution in [-0.2, 0) is 0 Å². The molecule has 1 atom stereocenters. The molecule has 1 aliphatic rings. The van der Waals surface area contributed by atoms with Crippen molar-refractivity contribution in [3.05, 3.63) is 29.3 Å². The fraction of sp³-hybridized carbons (Fsp3) is 0.300. The summed E-state index contributed by atoms with van der Waals surface area (Å²) in [5.74, 6) is 1.41. The maximum Gasteiger partial charge on any atom is 0.123 e. The molecule has 0 saturated heterocycles. The summed E-state index contributed by atoms with van der Waals surface area (Å²) in [6.45, 7) is 0.757. The Bertz CT molecular complexity index is 370. The highest BCUT2D eigenvalue weighted by Crippen LogP contribution is 2.35. The van der Waals surface area contributed by atoms with Gasteiger partial charge in [0.25, 0.3) is 0 Å². The maximum absolute atomic E-state index is 8.74. The number of hydrogen-bond acceptors (Lipinski definition) is 2. The van der Waals surface area contributed by atoms with Crippen LogP contribution >= 0.6 is 22.6 Å². The molecule has 0 radical (unpaired) electrons. The van der Waals surface area contributed by atoms with Crippen LogP contribution in [0.2, 0.25) is 0 Å². The molecule has 1 heterocycles. The number of fused-ring (bicyclic) bond motifs is 1. The Morgan fingerprint density at radius 1 is 1.62 bits per heavy atom. The molecule has 2 rings (SSSR count). The number of benzene rings is 1. The summed E-state index contributed by atoms with van der Waals surface area (Å²) in [6.07, 6.45) is 0. The fourth-order valence-corrected chi connectivity index (χ4v) is 2.21. The highest BCUT2D eigenvalue weighted by molar-refractivity contribution is 14.1. The molecular formula is C10H8INO. The minimum Gasteiger partial charge on any atom is -0.493 e. The van der Waals surface area contributed by atoms with Crippen LogP contribution in [0.5, 0.6) is 5.75 Å². The van der Waals surface area contributed by atoms with Crippen LogP contribution in [0.15, 0.2) is 18.2 Å². The molecule has 3 heteroatoms. The SMILES string of the molecule is N#Cc1ccc2c(c1)C(CI)CO2. The van der Waals surface area contributed by atoms with Gasteiger partial charge in [-0.15, -0.1) is 0 Å². The van der Waals surface area contributed by atoms with E-state index in [9.17, 15) is 0 Å². The average Bonchev–Trinajstić information content (AvgIpc) is 2.59. The summed E-state index contributed by atoms with van der Waals surface area (Å²) in [5, 5.41) is 8.74. The fourth-order valence-electron chi connectivity index (χ4n) is 1.48. The van der Waals surface area contributed by atoms with E-state index in [2.05, 4.69) is 28.7 Å². The Hall–Kier alpha value is -0.760. The Labute approximate surface area is 90.7 Å². The quantitative estimate of drug-likeness (QED) is 0.586. The van der Waals surface area contributed by atoms with Crippen LogP contribution in [0.3, 0.4) is 0 Å². The summed E-state index contributed by atoms with van der Waals surface area (Å²) in [6, 6.07) is 7.77. The van der Waals surface area contributed by atoms with Gasteiger partial charge in [-0.25, -0.2) is 0 Å². The van der Waals surface area contributed by atoms with Gasteiger partial charge in [0.1, 0.15) is 5.75 Å². The van der Waals surface area contributed by atoms with Crippen LogP contribution in [0.4, 0.5) is 0 Å². The molecule has 0 saturated carbocycles. The molecular weight excluding hydrogens is 277 g/mol. The number of ether oxygens (including phenoxy) is 1. The lowest BCUT2D eigenvalue weighted by molar-refractivity contribution is 0.339. The molecule has 1 aromatic carbocycles. The molecule has 0 N–H and O–H groups in total. The molecule has 0 amide bonds. The Kier molecular flexibility index (Phi) is 2.40. The predicted molar refractivity (Wildman–Crippen MR) is 58.3 cm³/mol. The van der Waals surface area contributed by atoms with E-state index in [1.54, 1.807) is 6.07 Å². The highest BCUT2D eigenvalue weighted by Gasteiger charge is 2.22. The summed E-state index contributed by atoms with van der Waals surface area (Å²) in [4.78, 5) is 0. The second-order valence-electron chi connectivity index (χ2n) is 3.03. The number of halogens is 1. The van der Waals surface area contributed by atoms with E-state index in [0.717, 1.165) is 22.3 Å². The number of rotatable bonds is 1. The third-order valence-corrected chi connectivity index (χ3v) is 3.27. The predicted octanol–water partition coefficient (Wildman–Crippen LogP) is 2.47. The maximum atomic E-state index is 8.74. The first-order valence-corrected chi connectivity index (χ1v) is 5.60. The topological polar surface area (TPSA) is 33.0 Å². The first kappa shape index (κ1) is 8.82. The highest BCUT2D eigenvalue weighted by atomic mass is 127. The minimum atomic E-state index is 0.462. The van der Waals surface area contributed by atoms with Crippen LogP contribution in [-0.4, -0.2) is 11.0 Å². The Balaban J connectivity index is 2.44. The van der Waals surface area contributed by atoms with Crippen molar-refractivity contribution in [2.75, 3.05) is 11.0 Å². The molecule has 66 valence electrons. The van der Waals surface area contributed by atoms with Crippen LogP contribution < -0.4 is 4.74 Å². The molecule has 0 spiro atoms. The van der Waals surface area contributed by atoms with Crippen LogP contribution in [0.1, 0.15) is 17.0 Å². The van der Waals surface area contributed by atoms with Gasteiger partial charge >= 0.3 is 0 Å². The van der Waals surface area contributed by atoms with Crippen molar-refractivity contribution in [1.29, 1.82) is 5.26 Å². The van der Waals surface area contributed by atoms with E-state index in [0.29, 0.717) is 5.92 Å². The van der Waals surface area contributed by atoms with Gasteiger partial charge in [0, 0.05) is 15.9 Å². The largest absolute Gasteiger partial charge is 0.493 e. The van der Waals surface area contributed by atoms with E-state index in [4.69, 9.17) is 10.00 Å².